The van der Waals surface area contributed by atoms with Crippen LogP contribution in [0, 0.1) is 10.1 Å². The smallest absolute Gasteiger partial charge is 0.293 e. The molecule has 1 heterocycles. The summed E-state index contributed by atoms with van der Waals surface area (Å²) in [4.78, 5) is 12.5. The molecule has 1 fully saturated rings. The summed E-state index contributed by atoms with van der Waals surface area (Å²) >= 11 is 0. The molecule has 1 aliphatic heterocycles. The van der Waals surface area contributed by atoms with Crippen molar-refractivity contribution in [3.8, 4) is 5.75 Å². The highest BCUT2D eigenvalue weighted by Crippen LogP contribution is 2.36. The lowest BCUT2D eigenvalue weighted by atomic mass is 9.89. The number of piperidine rings is 1. The minimum absolute atomic E-state index is 0.249. The van der Waals surface area contributed by atoms with E-state index < -0.39 is 14.9 Å². The second-order valence-corrected chi connectivity index (χ2v) is 8.05. The molecule has 0 atom stereocenters. The molecule has 144 valence electrons. The average molecular weight is 391 g/mol. The van der Waals surface area contributed by atoms with Gasteiger partial charge in [-0.2, -0.15) is 0 Å². The Morgan fingerprint density at radius 3 is 2.48 bits per heavy atom. The number of sulfonamides is 1. The van der Waals surface area contributed by atoms with Crippen LogP contribution in [0.25, 0.3) is 0 Å². The minimum Gasteiger partial charge on any atom is -0.497 e. The van der Waals surface area contributed by atoms with Gasteiger partial charge in [-0.1, -0.05) is 12.1 Å². The summed E-state index contributed by atoms with van der Waals surface area (Å²) in [5.74, 6) is 1.16. The van der Waals surface area contributed by atoms with Crippen molar-refractivity contribution in [2.24, 2.45) is 5.14 Å². The second kappa shape index (κ2) is 7.53. The normalized spacial score (nSPS) is 15.6. The van der Waals surface area contributed by atoms with Crippen LogP contribution in [-0.4, -0.2) is 33.5 Å². The van der Waals surface area contributed by atoms with Crippen molar-refractivity contribution in [2.75, 3.05) is 25.1 Å². The quantitative estimate of drug-likeness (QED) is 0.619. The lowest BCUT2D eigenvalue weighted by Crippen LogP contribution is -2.33. The Kier molecular flexibility index (Phi) is 5.33. The number of nitro groups is 1. The molecule has 0 unspecified atom stereocenters. The van der Waals surface area contributed by atoms with Gasteiger partial charge in [0.05, 0.1) is 16.9 Å². The minimum atomic E-state index is -3.99. The number of nitro benzene ring substituents is 1. The molecule has 0 radical (unpaired) electrons. The number of hydrogen-bond acceptors (Lipinski definition) is 6. The van der Waals surface area contributed by atoms with E-state index in [1.54, 1.807) is 7.11 Å². The number of rotatable bonds is 5. The highest BCUT2D eigenvalue weighted by molar-refractivity contribution is 7.89. The van der Waals surface area contributed by atoms with Crippen molar-refractivity contribution in [2.45, 2.75) is 23.7 Å². The van der Waals surface area contributed by atoms with E-state index in [1.165, 1.54) is 17.7 Å². The molecule has 1 aliphatic rings. The number of primary sulfonamides is 1. The molecule has 0 spiro atoms. The Balaban J connectivity index is 1.80. The molecule has 3 rings (SSSR count). The number of nitrogens with two attached hydrogens (primary N) is 1. The standard InChI is InChI=1S/C18H21N3O5S/c1-26-15-4-2-3-14(11-15)13-7-9-20(10-8-13)17-6-5-16(27(19,24)25)12-18(17)21(22)23/h2-6,11-13H,7-10H2,1H3,(H2,19,24,25). The predicted octanol–water partition coefficient (Wildman–Crippen LogP) is 2.63. The van der Waals surface area contributed by atoms with E-state index in [2.05, 4.69) is 6.07 Å². The molecule has 0 bridgehead atoms. The lowest BCUT2D eigenvalue weighted by molar-refractivity contribution is -0.384. The number of hydrogen-bond donors (Lipinski definition) is 1. The summed E-state index contributed by atoms with van der Waals surface area (Å²) in [5.41, 5.74) is 1.35. The van der Waals surface area contributed by atoms with Gasteiger partial charge in [-0.25, -0.2) is 13.6 Å². The van der Waals surface area contributed by atoms with E-state index in [-0.39, 0.29) is 10.6 Å². The summed E-state index contributed by atoms with van der Waals surface area (Å²) in [6.45, 7) is 1.27. The highest BCUT2D eigenvalue weighted by Gasteiger charge is 2.27. The number of benzene rings is 2. The van der Waals surface area contributed by atoms with E-state index >= 15 is 0 Å². The van der Waals surface area contributed by atoms with Gasteiger partial charge in [-0.05, 0) is 48.6 Å². The van der Waals surface area contributed by atoms with Crippen LogP contribution in [0.1, 0.15) is 24.3 Å². The van der Waals surface area contributed by atoms with Gasteiger partial charge >= 0.3 is 0 Å². The van der Waals surface area contributed by atoms with Gasteiger partial charge in [0.1, 0.15) is 11.4 Å². The van der Waals surface area contributed by atoms with Gasteiger partial charge in [0.25, 0.3) is 5.69 Å². The second-order valence-electron chi connectivity index (χ2n) is 6.49. The van der Waals surface area contributed by atoms with Crippen molar-refractivity contribution in [3.63, 3.8) is 0 Å². The van der Waals surface area contributed by atoms with Crippen molar-refractivity contribution >= 4 is 21.4 Å². The van der Waals surface area contributed by atoms with Crippen LogP contribution in [-0.2, 0) is 10.0 Å². The number of nitrogens with zero attached hydrogens (tertiary/aromatic N) is 2. The number of anilines is 1. The Hall–Kier alpha value is -2.65. The molecule has 2 aromatic carbocycles. The van der Waals surface area contributed by atoms with E-state index in [1.807, 2.05) is 23.1 Å². The van der Waals surface area contributed by atoms with Crippen LogP contribution in [0.2, 0.25) is 0 Å². The van der Waals surface area contributed by atoms with Gasteiger partial charge < -0.3 is 9.64 Å². The summed E-state index contributed by atoms with van der Waals surface area (Å²) in [6.07, 6.45) is 1.67. The first-order chi connectivity index (χ1) is 12.8. The van der Waals surface area contributed by atoms with Crippen molar-refractivity contribution in [1.82, 2.24) is 0 Å². The van der Waals surface area contributed by atoms with Gasteiger partial charge in [0.2, 0.25) is 10.0 Å². The van der Waals surface area contributed by atoms with Crippen LogP contribution in [0.15, 0.2) is 47.4 Å². The fourth-order valence-corrected chi connectivity index (χ4v) is 3.98. The highest BCUT2D eigenvalue weighted by atomic mass is 32.2. The molecule has 0 aromatic heterocycles. The van der Waals surface area contributed by atoms with Crippen LogP contribution in [0.5, 0.6) is 5.75 Å². The van der Waals surface area contributed by atoms with Gasteiger partial charge in [-0.15, -0.1) is 0 Å². The van der Waals surface area contributed by atoms with Gasteiger partial charge in [0.15, 0.2) is 0 Å². The van der Waals surface area contributed by atoms with Crippen LogP contribution >= 0.6 is 0 Å². The van der Waals surface area contributed by atoms with E-state index in [9.17, 15) is 18.5 Å². The van der Waals surface area contributed by atoms with Crippen molar-refractivity contribution < 1.29 is 18.1 Å². The molecule has 27 heavy (non-hydrogen) atoms. The van der Waals surface area contributed by atoms with E-state index in [0.717, 1.165) is 24.7 Å². The van der Waals surface area contributed by atoms with Crippen LogP contribution < -0.4 is 14.8 Å². The largest absolute Gasteiger partial charge is 0.497 e. The third-order valence-electron chi connectivity index (χ3n) is 4.87. The topological polar surface area (TPSA) is 116 Å². The molecule has 0 aliphatic carbocycles. The molecule has 2 N–H and O–H groups in total. The molecule has 2 aromatic rings. The van der Waals surface area contributed by atoms with Crippen LogP contribution in [0.3, 0.4) is 0 Å². The summed E-state index contributed by atoms with van der Waals surface area (Å²) < 4.78 is 28.2. The van der Waals surface area contributed by atoms with Gasteiger partial charge in [0, 0.05) is 19.2 Å². The third kappa shape index (κ3) is 4.20. The number of ether oxygens (including phenoxy) is 1. The van der Waals surface area contributed by atoms with Crippen LogP contribution in [0.4, 0.5) is 11.4 Å². The molecule has 9 heteroatoms. The van der Waals surface area contributed by atoms with Crippen molar-refractivity contribution in [1.29, 1.82) is 0 Å². The maximum atomic E-state index is 11.5. The monoisotopic (exact) mass is 391 g/mol. The maximum absolute atomic E-state index is 11.5. The molecule has 1 saturated heterocycles. The summed E-state index contributed by atoms with van der Waals surface area (Å²) in [5, 5.41) is 16.5. The SMILES string of the molecule is COc1cccc(C2CCN(c3ccc(S(N)(=O)=O)cc3[N+](=O)[O-])CC2)c1. The molecule has 8 nitrogen and oxygen atoms in total. The number of methoxy groups -OCH3 is 1. The van der Waals surface area contributed by atoms with E-state index in [0.29, 0.717) is 24.7 Å². The maximum Gasteiger partial charge on any atom is 0.293 e. The fraction of sp³-hybridized carbons (Fsp3) is 0.333. The van der Waals surface area contributed by atoms with Gasteiger partial charge in [-0.3, -0.25) is 10.1 Å². The predicted molar refractivity (Wildman–Crippen MR) is 102 cm³/mol. The molecule has 0 amide bonds. The zero-order chi connectivity index (χ0) is 19.6. The Labute approximate surface area is 157 Å². The average Bonchev–Trinajstić information content (AvgIpc) is 2.67. The first-order valence-electron chi connectivity index (χ1n) is 8.49. The Morgan fingerprint density at radius 2 is 1.89 bits per heavy atom. The Morgan fingerprint density at radius 1 is 1.19 bits per heavy atom. The zero-order valence-electron chi connectivity index (χ0n) is 14.9. The third-order valence-corrected chi connectivity index (χ3v) is 5.78. The van der Waals surface area contributed by atoms with Crippen molar-refractivity contribution in [3.05, 3.63) is 58.1 Å². The molecular weight excluding hydrogens is 370 g/mol. The first-order valence-corrected chi connectivity index (χ1v) is 10.0. The molecular formula is C18H21N3O5S. The zero-order valence-corrected chi connectivity index (χ0v) is 15.7. The summed E-state index contributed by atoms with van der Waals surface area (Å²) in [7, 11) is -2.36. The van der Waals surface area contributed by atoms with E-state index in [4.69, 9.17) is 9.88 Å². The fourth-order valence-electron chi connectivity index (χ4n) is 3.44. The first kappa shape index (κ1) is 19.1. The Bertz CT molecular complexity index is 953. The molecule has 0 saturated carbocycles. The lowest BCUT2D eigenvalue weighted by Gasteiger charge is -2.33. The summed E-state index contributed by atoms with van der Waals surface area (Å²) in [6, 6.07) is 11.7.